The molecule has 612 valence electrons. The number of ether oxygens (including phenoxy) is 2. The molecule has 9 aromatic rings. The first-order valence-corrected chi connectivity index (χ1v) is 43.5. The summed E-state index contributed by atoms with van der Waals surface area (Å²) in [7, 11) is 19.7. The highest BCUT2D eigenvalue weighted by molar-refractivity contribution is 5.54. The predicted molar refractivity (Wildman–Crippen MR) is 483 cm³/mol. The Bertz CT molecular complexity index is 3910. The zero-order valence-corrected chi connectivity index (χ0v) is 71.5. The van der Waals surface area contributed by atoms with Crippen LogP contribution in [0.25, 0.3) is 0 Å². The summed E-state index contributed by atoms with van der Waals surface area (Å²) in [4.78, 5) is 23.9. The van der Waals surface area contributed by atoms with E-state index in [1.807, 2.05) is 60.7 Å². The number of likely N-dealkylation sites (N-methyl/N-ethyl adjacent to an activating group) is 5. The van der Waals surface area contributed by atoms with Crippen molar-refractivity contribution in [2.45, 2.75) is 139 Å². The van der Waals surface area contributed by atoms with Crippen LogP contribution in [0.5, 0.6) is 11.5 Å². The highest BCUT2D eigenvalue weighted by Crippen LogP contribution is 2.30. The molecule has 18 rings (SSSR count). The predicted octanol–water partition coefficient (Wildman–Crippen LogP) is 18.7. The SMILES string of the molecule is CN1CCC(Oc2ccccc2)CC1.CN1CCC(c2ccccc2)C1.CN1CCC(c2ccccc2)CC1.CN1CCCC(Oc2ccccc2)C1.CN1CCCC(c2ccccc2)C1.CN1CCCc2ccccc21.CN1CCCc2ccccc2C1.CN1CCN(Cc2ccccc2)CC1.CN1CCc2ccccc2C1. The summed E-state index contributed by atoms with van der Waals surface area (Å²) in [5.74, 6) is 4.34. The lowest BCUT2D eigenvalue weighted by atomic mass is 9.90. The van der Waals surface area contributed by atoms with Crippen molar-refractivity contribution in [1.29, 1.82) is 0 Å². The molecule has 0 spiro atoms. The molecule has 9 aliphatic rings. The van der Waals surface area contributed by atoms with Crippen molar-refractivity contribution in [2.75, 3.05) is 180 Å². The summed E-state index contributed by atoms with van der Waals surface area (Å²) in [5, 5.41) is 0. The van der Waals surface area contributed by atoms with Crippen molar-refractivity contribution >= 4 is 5.69 Å². The number of aryl methyl sites for hydroxylation is 2. The lowest BCUT2D eigenvalue weighted by Gasteiger charge is -2.32. The molecule has 0 saturated carbocycles. The normalized spacial score (nSPS) is 20.6. The Morgan fingerprint density at radius 3 is 1.14 bits per heavy atom. The number of fused-ring (bicyclic) bond motifs is 3. The Morgan fingerprint density at radius 1 is 0.254 bits per heavy atom. The minimum absolute atomic E-state index is 0.371. The molecule has 0 aliphatic carbocycles. The van der Waals surface area contributed by atoms with Gasteiger partial charge in [-0.2, -0.15) is 0 Å². The van der Waals surface area contributed by atoms with E-state index in [4.69, 9.17) is 9.47 Å². The van der Waals surface area contributed by atoms with Gasteiger partial charge in [0.1, 0.15) is 23.7 Å². The third kappa shape index (κ3) is 32.2. The summed E-state index contributed by atoms with van der Waals surface area (Å²) in [6.45, 7) is 23.8. The zero-order valence-electron chi connectivity index (χ0n) is 71.5. The number of benzene rings is 9. The Hall–Kier alpha value is -7.98. The van der Waals surface area contributed by atoms with Crippen LogP contribution < -0.4 is 14.4 Å². The molecule has 9 aliphatic heterocycles. The number of para-hydroxylation sites is 3. The molecule has 0 amide bonds. The van der Waals surface area contributed by atoms with E-state index in [9.17, 15) is 0 Å². The average molecular weight is 1540 g/mol. The molecule has 114 heavy (non-hydrogen) atoms. The van der Waals surface area contributed by atoms with Crippen LogP contribution in [0.4, 0.5) is 5.69 Å². The maximum atomic E-state index is 5.88. The number of likely N-dealkylation sites (tertiary alicyclic amines) is 5. The first-order valence-electron chi connectivity index (χ1n) is 43.5. The first-order chi connectivity index (χ1) is 55.7. The Balaban J connectivity index is 0.000000136. The van der Waals surface area contributed by atoms with Crippen molar-refractivity contribution in [2.24, 2.45) is 0 Å². The number of piperazine rings is 1. The summed E-state index contributed by atoms with van der Waals surface area (Å²) < 4.78 is 11.8. The molecule has 0 radical (unpaired) electrons. The smallest absolute Gasteiger partial charge is 0.119 e. The lowest BCUT2D eigenvalue weighted by molar-refractivity contribution is 0.104. The molecule has 3 unspecified atom stereocenters. The zero-order chi connectivity index (χ0) is 79.7. The molecule has 3 atom stereocenters. The van der Waals surface area contributed by atoms with E-state index >= 15 is 0 Å². The van der Waals surface area contributed by atoms with Gasteiger partial charge in [0.25, 0.3) is 0 Å². The number of hydrogen-bond donors (Lipinski definition) is 0. The monoisotopic (exact) mass is 1540 g/mol. The quantitative estimate of drug-likeness (QED) is 0.138. The summed E-state index contributed by atoms with van der Waals surface area (Å²) in [5.41, 5.74) is 15.0. The fourth-order valence-corrected chi connectivity index (χ4v) is 16.9. The van der Waals surface area contributed by atoms with E-state index in [1.54, 1.807) is 5.56 Å². The average Bonchev–Trinajstić information content (AvgIpc) is 1.26. The van der Waals surface area contributed by atoms with Crippen molar-refractivity contribution in [3.8, 4) is 11.5 Å². The Labute approximate surface area is 690 Å². The minimum atomic E-state index is 0.371. The number of nitrogens with zero attached hydrogens (tertiary/aromatic N) is 10. The van der Waals surface area contributed by atoms with Gasteiger partial charge in [-0.3, -0.25) is 4.90 Å². The first kappa shape index (κ1) is 88.4. The highest BCUT2D eigenvalue weighted by atomic mass is 16.5. The van der Waals surface area contributed by atoms with Crippen LogP contribution in [0.3, 0.4) is 0 Å². The minimum Gasteiger partial charge on any atom is -0.490 e. The van der Waals surface area contributed by atoms with E-state index in [1.165, 1.54) is 219 Å². The van der Waals surface area contributed by atoms with Crippen molar-refractivity contribution in [3.05, 3.63) is 305 Å². The van der Waals surface area contributed by atoms with Gasteiger partial charge in [-0.25, -0.2) is 0 Å². The van der Waals surface area contributed by atoms with Gasteiger partial charge < -0.3 is 53.6 Å². The number of piperidine rings is 4. The number of hydrogen-bond acceptors (Lipinski definition) is 12. The van der Waals surface area contributed by atoms with Crippen LogP contribution in [-0.4, -0.2) is 231 Å². The van der Waals surface area contributed by atoms with Crippen LogP contribution in [0, 0.1) is 0 Å². The van der Waals surface area contributed by atoms with Crippen LogP contribution >= 0.6 is 0 Å². The van der Waals surface area contributed by atoms with E-state index < -0.39 is 0 Å². The summed E-state index contributed by atoms with van der Waals surface area (Å²) in [6.07, 6.45) is 18.5. The van der Waals surface area contributed by atoms with Crippen molar-refractivity contribution < 1.29 is 9.47 Å². The van der Waals surface area contributed by atoms with E-state index in [0.29, 0.717) is 12.2 Å². The Kier molecular flexibility index (Phi) is 38.6. The molecule has 9 heterocycles. The second-order valence-electron chi connectivity index (χ2n) is 33.6. The molecule has 6 saturated heterocycles. The fourth-order valence-electron chi connectivity index (χ4n) is 16.9. The molecular formula is C102H142N10O2. The van der Waals surface area contributed by atoms with Crippen LogP contribution in [0.15, 0.2) is 255 Å². The van der Waals surface area contributed by atoms with Crippen LogP contribution in [0.1, 0.15) is 138 Å². The molecule has 9 aromatic carbocycles. The Morgan fingerprint density at radius 2 is 0.623 bits per heavy atom. The largest absolute Gasteiger partial charge is 0.490 e. The summed E-state index contributed by atoms with van der Waals surface area (Å²) in [6, 6.07) is 89.7. The molecule has 12 heteroatoms. The van der Waals surface area contributed by atoms with Crippen LogP contribution in [-0.2, 0) is 38.9 Å². The van der Waals surface area contributed by atoms with E-state index in [2.05, 4.69) is 307 Å². The molecule has 0 N–H and O–H groups in total. The van der Waals surface area contributed by atoms with Gasteiger partial charge in [0, 0.05) is 104 Å². The topological polar surface area (TPSA) is 50.9 Å². The standard InChI is InChI=1S/C12H18N2.2C12H17NO.2C12H17N.2C11H15N.2C10H13N/c1-13-7-9-14(10-8-13)11-12-5-3-2-4-6-12;1-13-9-5-8-12(10-13)14-11-6-3-2-4-7-11;1-13-9-7-12(8-10-13)14-11-5-3-2-4-6-11;1-13-9-5-8-12(10-13)11-6-3-2-4-7-11;1-13-9-7-12(8-10-13)11-5-3-2-4-6-11;1-12-8-4-7-10-5-2-3-6-11(10)9-12;1-12-8-7-11(9-12)10-5-3-2-4-6-10;1-11-8-4-6-9-5-2-3-7-10(9)11;1-11-7-6-9-4-2-3-5-10(9)8-11/h2-6H,7-11H2,1H3;2-4,6-7,12H,5,8-10H2,1H3;2-6,12H,7-10H2,1H3;2-4,6-7,12H,5,8-10H2,1H3;2-6,12H,7-10H2,1H3;2-3,5-6H,4,7-9H2,1H3;2-6,11H,7-9H2,1H3;2-3,5,7H,4,6,8H2,1H3;2-5H,6-8H2,1H3. The van der Waals surface area contributed by atoms with E-state index in [0.717, 1.165) is 81.4 Å². The second-order valence-corrected chi connectivity index (χ2v) is 33.6. The van der Waals surface area contributed by atoms with Gasteiger partial charge in [0.15, 0.2) is 0 Å². The van der Waals surface area contributed by atoms with Gasteiger partial charge in [-0.15, -0.1) is 0 Å². The third-order valence-electron chi connectivity index (χ3n) is 23.9. The molecule has 6 fully saturated rings. The van der Waals surface area contributed by atoms with E-state index in [-0.39, 0.29) is 0 Å². The number of rotatable bonds is 9. The maximum Gasteiger partial charge on any atom is 0.119 e. The van der Waals surface area contributed by atoms with Gasteiger partial charge in [0.05, 0.1) is 0 Å². The number of anilines is 1. The van der Waals surface area contributed by atoms with Crippen LogP contribution in [0.2, 0.25) is 0 Å². The lowest BCUT2D eigenvalue weighted by Crippen LogP contribution is -2.43. The molecule has 12 nitrogen and oxygen atoms in total. The van der Waals surface area contributed by atoms with Crippen molar-refractivity contribution in [1.82, 2.24) is 44.1 Å². The fraction of sp³-hybridized carbons (Fsp3) is 0.471. The van der Waals surface area contributed by atoms with Gasteiger partial charge in [0.2, 0.25) is 0 Å². The highest BCUT2D eigenvalue weighted by Gasteiger charge is 2.24. The van der Waals surface area contributed by atoms with Gasteiger partial charge >= 0.3 is 0 Å². The second kappa shape index (κ2) is 49.8. The third-order valence-corrected chi connectivity index (χ3v) is 23.9. The summed E-state index contributed by atoms with van der Waals surface area (Å²) >= 11 is 0. The van der Waals surface area contributed by atoms with Gasteiger partial charge in [-0.1, -0.05) is 224 Å². The van der Waals surface area contributed by atoms with Crippen molar-refractivity contribution in [3.63, 3.8) is 0 Å². The van der Waals surface area contributed by atoms with Gasteiger partial charge in [-0.05, 0) is 284 Å². The maximum absolute atomic E-state index is 5.88. The molecule has 0 aromatic heterocycles. The molecule has 0 bridgehead atoms. The molecular weight excluding hydrogens is 1400 g/mol.